The lowest BCUT2D eigenvalue weighted by atomic mass is 9.99. The number of nitrogens with one attached hydrogen (secondary N) is 2. The summed E-state index contributed by atoms with van der Waals surface area (Å²) < 4.78 is 11.4. The Balaban J connectivity index is 0.00000312. The number of aliphatic imine (C=N–C) groups is 1. The molecule has 0 unspecified atom stereocenters. The molecule has 0 spiro atoms. The van der Waals surface area contributed by atoms with Crippen LogP contribution in [-0.2, 0) is 16.1 Å². The molecule has 0 saturated carbocycles. The van der Waals surface area contributed by atoms with E-state index in [0.29, 0.717) is 13.2 Å². The molecule has 0 aromatic heterocycles. The highest BCUT2D eigenvalue weighted by atomic mass is 127. The van der Waals surface area contributed by atoms with Gasteiger partial charge in [-0.15, -0.1) is 24.0 Å². The van der Waals surface area contributed by atoms with Gasteiger partial charge in [-0.2, -0.15) is 11.8 Å². The van der Waals surface area contributed by atoms with Crippen LogP contribution in [0.3, 0.4) is 0 Å². The lowest BCUT2D eigenvalue weighted by Crippen LogP contribution is -2.48. The second-order valence-electron chi connectivity index (χ2n) is 5.89. The fourth-order valence-corrected chi connectivity index (χ4v) is 3.46. The minimum atomic E-state index is 0. The molecule has 0 atom stereocenters. The second-order valence-corrected chi connectivity index (χ2v) is 7.16. The first-order chi connectivity index (χ1) is 11.8. The average Bonchev–Trinajstić information content (AvgIpc) is 2.65. The Hall–Kier alpha value is -0.510. The predicted molar refractivity (Wildman–Crippen MR) is 117 cm³/mol. The number of nitrogens with zero attached hydrogens (tertiary/aromatic N) is 1. The molecule has 5 nitrogen and oxygen atoms in total. The molecule has 1 heterocycles. The van der Waals surface area contributed by atoms with Gasteiger partial charge in [-0.05, 0) is 24.7 Å². The normalized spacial score (nSPS) is 16.8. The van der Waals surface area contributed by atoms with Crippen LogP contribution in [0.1, 0.15) is 18.4 Å². The van der Waals surface area contributed by atoms with E-state index in [1.165, 1.54) is 5.56 Å². The highest BCUT2D eigenvalue weighted by Crippen LogP contribution is 2.32. The van der Waals surface area contributed by atoms with Crippen LogP contribution in [0, 0.1) is 0 Å². The summed E-state index contributed by atoms with van der Waals surface area (Å²) >= 11 is 1.93. The summed E-state index contributed by atoms with van der Waals surface area (Å²) in [5, 5.41) is 6.76. The summed E-state index contributed by atoms with van der Waals surface area (Å²) in [4.78, 5) is 4.29. The van der Waals surface area contributed by atoms with Crippen molar-refractivity contribution in [3.8, 4) is 0 Å². The Morgan fingerprint density at radius 3 is 2.60 bits per heavy atom. The molecular formula is C18H30IN3O2S. The number of guanidine groups is 1. The molecule has 1 saturated heterocycles. The van der Waals surface area contributed by atoms with Gasteiger partial charge >= 0.3 is 0 Å². The lowest BCUT2D eigenvalue weighted by Gasteiger charge is -2.36. The van der Waals surface area contributed by atoms with Crippen LogP contribution in [0.25, 0.3) is 0 Å². The van der Waals surface area contributed by atoms with E-state index < -0.39 is 0 Å². The maximum absolute atomic E-state index is 5.68. The molecule has 25 heavy (non-hydrogen) atoms. The van der Waals surface area contributed by atoms with Crippen LogP contribution < -0.4 is 10.6 Å². The fraction of sp³-hybridized carbons (Fsp3) is 0.611. The van der Waals surface area contributed by atoms with Crippen LogP contribution in [0.4, 0.5) is 0 Å². The molecule has 0 amide bonds. The van der Waals surface area contributed by atoms with E-state index in [4.69, 9.17) is 9.47 Å². The monoisotopic (exact) mass is 479 g/mol. The molecule has 0 aliphatic carbocycles. The van der Waals surface area contributed by atoms with E-state index >= 15 is 0 Å². The number of hydrogen-bond acceptors (Lipinski definition) is 4. The highest BCUT2D eigenvalue weighted by Gasteiger charge is 2.31. The Labute approximate surface area is 172 Å². The molecule has 0 bridgehead atoms. The molecule has 2 rings (SSSR count). The number of ether oxygens (including phenoxy) is 2. The Kier molecular flexibility index (Phi) is 11.5. The van der Waals surface area contributed by atoms with Crippen LogP contribution in [0.2, 0.25) is 0 Å². The molecule has 142 valence electrons. The van der Waals surface area contributed by atoms with Crippen molar-refractivity contribution in [2.45, 2.75) is 24.2 Å². The van der Waals surface area contributed by atoms with E-state index in [-0.39, 0.29) is 28.7 Å². The summed E-state index contributed by atoms with van der Waals surface area (Å²) in [7, 11) is 1.80. The SMILES string of the molecule is CN=C(NCCOCc1ccccc1)NCC1(SC)CCOCC1.I. The number of rotatable bonds is 8. The van der Waals surface area contributed by atoms with E-state index in [2.05, 4.69) is 34.0 Å². The number of hydrogen-bond donors (Lipinski definition) is 2. The quantitative estimate of drug-likeness (QED) is 0.260. The molecule has 7 heteroatoms. The van der Waals surface area contributed by atoms with Crippen molar-refractivity contribution in [3.63, 3.8) is 0 Å². The van der Waals surface area contributed by atoms with Gasteiger partial charge in [0.1, 0.15) is 0 Å². The molecule has 1 aromatic carbocycles. The molecule has 1 aromatic rings. The van der Waals surface area contributed by atoms with Gasteiger partial charge in [0, 0.05) is 38.1 Å². The zero-order chi connectivity index (χ0) is 17.1. The first-order valence-electron chi connectivity index (χ1n) is 8.47. The van der Waals surface area contributed by atoms with Crippen LogP contribution in [-0.4, -0.2) is 56.9 Å². The van der Waals surface area contributed by atoms with Crippen LogP contribution in [0.15, 0.2) is 35.3 Å². The summed E-state index contributed by atoms with van der Waals surface area (Å²) in [5.41, 5.74) is 1.20. The van der Waals surface area contributed by atoms with Gasteiger partial charge in [0.25, 0.3) is 0 Å². The van der Waals surface area contributed by atoms with Gasteiger partial charge in [-0.3, -0.25) is 4.99 Å². The predicted octanol–water partition coefficient (Wildman–Crippen LogP) is 2.90. The molecule has 2 N–H and O–H groups in total. The molecule has 1 aliphatic rings. The number of thioether (sulfide) groups is 1. The van der Waals surface area contributed by atoms with Crippen LogP contribution >= 0.6 is 35.7 Å². The molecule has 0 radical (unpaired) electrons. The maximum Gasteiger partial charge on any atom is 0.191 e. The third-order valence-corrected chi connectivity index (χ3v) is 5.71. The molecular weight excluding hydrogens is 449 g/mol. The zero-order valence-corrected chi connectivity index (χ0v) is 18.3. The Morgan fingerprint density at radius 2 is 1.96 bits per heavy atom. The van der Waals surface area contributed by atoms with E-state index in [1.54, 1.807) is 7.05 Å². The minimum Gasteiger partial charge on any atom is -0.381 e. The third kappa shape index (κ3) is 8.15. The van der Waals surface area contributed by atoms with Gasteiger partial charge in [-0.25, -0.2) is 0 Å². The van der Waals surface area contributed by atoms with Crippen molar-refractivity contribution in [1.29, 1.82) is 0 Å². The number of halogens is 1. The first-order valence-corrected chi connectivity index (χ1v) is 9.69. The first kappa shape index (κ1) is 22.5. The number of benzene rings is 1. The van der Waals surface area contributed by atoms with E-state index in [9.17, 15) is 0 Å². The van der Waals surface area contributed by atoms with Gasteiger partial charge in [-0.1, -0.05) is 30.3 Å². The Morgan fingerprint density at radius 1 is 1.24 bits per heavy atom. The second kappa shape index (κ2) is 12.8. The summed E-state index contributed by atoms with van der Waals surface area (Å²) in [6, 6.07) is 10.2. The highest BCUT2D eigenvalue weighted by molar-refractivity contribution is 14.0. The maximum atomic E-state index is 5.68. The molecule has 1 fully saturated rings. The lowest BCUT2D eigenvalue weighted by molar-refractivity contribution is 0.0782. The summed E-state index contributed by atoms with van der Waals surface area (Å²) in [6.45, 7) is 4.63. The standard InChI is InChI=1S/C18H29N3O2S.HI/c1-19-17(21-15-18(24-2)8-11-22-12-9-18)20-10-13-23-14-16-6-4-3-5-7-16;/h3-7H,8-15H2,1-2H3,(H2,19,20,21);1H. The fourth-order valence-electron chi connectivity index (χ4n) is 2.67. The molecule has 1 aliphatic heterocycles. The van der Waals surface area contributed by atoms with Crippen molar-refractivity contribution in [2.75, 3.05) is 46.2 Å². The van der Waals surface area contributed by atoms with E-state index in [1.807, 2.05) is 30.0 Å². The third-order valence-electron chi connectivity index (χ3n) is 4.29. The van der Waals surface area contributed by atoms with Crippen molar-refractivity contribution in [2.24, 2.45) is 4.99 Å². The average molecular weight is 479 g/mol. The van der Waals surface area contributed by atoms with Gasteiger partial charge in [0.2, 0.25) is 0 Å². The van der Waals surface area contributed by atoms with Gasteiger partial charge in [0.05, 0.1) is 13.2 Å². The van der Waals surface area contributed by atoms with Crippen molar-refractivity contribution in [1.82, 2.24) is 10.6 Å². The van der Waals surface area contributed by atoms with Crippen molar-refractivity contribution >= 4 is 41.7 Å². The zero-order valence-electron chi connectivity index (χ0n) is 15.1. The van der Waals surface area contributed by atoms with Gasteiger partial charge in [0.15, 0.2) is 5.96 Å². The Bertz CT molecular complexity index is 496. The minimum absolute atomic E-state index is 0. The largest absolute Gasteiger partial charge is 0.381 e. The topological polar surface area (TPSA) is 54.9 Å². The smallest absolute Gasteiger partial charge is 0.191 e. The van der Waals surface area contributed by atoms with Crippen LogP contribution in [0.5, 0.6) is 0 Å². The van der Waals surface area contributed by atoms with Crippen molar-refractivity contribution < 1.29 is 9.47 Å². The van der Waals surface area contributed by atoms with E-state index in [0.717, 1.165) is 45.1 Å². The summed E-state index contributed by atoms with van der Waals surface area (Å²) in [5.74, 6) is 0.832. The summed E-state index contributed by atoms with van der Waals surface area (Å²) in [6.07, 6.45) is 4.34. The van der Waals surface area contributed by atoms with Gasteiger partial charge < -0.3 is 20.1 Å². The van der Waals surface area contributed by atoms with Crippen molar-refractivity contribution in [3.05, 3.63) is 35.9 Å².